The van der Waals surface area contributed by atoms with Crippen molar-refractivity contribution in [3.05, 3.63) is 59.7 Å². The monoisotopic (exact) mass is 348 g/mol. The van der Waals surface area contributed by atoms with Crippen LogP contribution in [0.4, 0.5) is 5.69 Å². The molecule has 4 fully saturated rings. The van der Waals surface area contributed by atoms with Crippen molar-refractivity contribution in [2.75, 3.05) is 5.43 Å². The van der Waals surface area contributed by atoms with E-state index in [2.05, 4.69) is 23.0 Å². The van der Waals surface area contributed by atoms with E-state index < -0.39 is 0 Å². The summed E-state index contributed by atoms with van der Waals surface area (Å²) >= 11 is 0. The normalized spacial score (nSPS) is 31.9. The molecule has 0 amide bonds. The van der Waals surface area contributed by atoms with Crippen molar-refractivity contribution in [3.8, 4) is 5.75 Å². The second-order valence-corrected chi connectivity index (χ2v) is 8.89. The molecule has 3 N–H and O–H groups in total. The highest BCUT2D eigenvalue weighted by Crippen LogP contribution is 2.60. The first-order valence-electron chi connectivity index (χ1n) is 10.1. The van der Waals surface area contributed by atoms with Crippen molar-refractivity contribution >= 4 is 5.69 Å². The van der Waals surface area contributed by atoms with Gasteiger partial charge in [-0.2, -0.15) is 0 Å². The highest BCUT2D eigenvalue weighted by molar-refractivity contribution is 5.43. The topological polar surface area (TPSA) is 44.3 Å². The van der Waals surface area contributed by atoms with Crippen LogP contribution in [0.1, 0.15) is 49.7 Å². The van der Waals surface area contributed by atoms with Crippen LogP contribution in [0.15, 0.2) is 48.5 Å². The van der Waals surface area contributed by atoms with Gasteiger partial charge in [0.05, 0.1) is 0 Å². The molecule has 2 aromatic rings. The molecule has 0 heterocycles. The van der Waals surface area contributed by atoms with Crippen LogP contribution in [0.25, 0.3) is 0 Å². The number of phenolic OH excluding ortho intramolecular Hbond substituents is 1. The Balaban J connectivity index is 1.34. The van der Waals surface area contributed by atoms with Crippen molar-refractivity contribution in [2.45, 2.75) is 50.5 Å². The first-order chi connectivity index (χ1) is 12.7. The van der Waals surface area contributed by atoms with Gasteiger partial charge in [0.1, 0.15) is 5.75 Å². The average molecular weight is 348 g/mol. The van der Waals surface area contributed by atoms with E-state index in [4.69, 9.17) is 0 Å². The maximum absolute atomic E-state index is 10.3. The largest absolute Gasteiger partial charge is 0.508 e. The summed E-state index contributed by atoms with van der Waals surface area (Å²) in [5, 5.41) is 10.3. The molecule has 4 bridgehead atoms. The Hall–Kier alpha value is -2.00. The molecule has 0 spiro atoms. The van der Waals surface area contributed by atoms with Crippen LogP contribution < -0.4 is 10.9 Å². The predicted molar refractivity (Wildman–Crippen MR) is 105 cm³/mol. The molecular formula is C23H28N2O. The summed E-state index contributed by atoms with van der Waals surface area (Å²) in [4.78, 5) is 0. The van der Waals surface area contributed by atoms with Gasteiger partial charge in [0.15, 0.2) is 0 Å². The zero-order valence-electron chi connectivity index (χ0n) is 15.2. The molecule has 0 radical (unpaired) electrons. The molecule has 0 aliphatic heterocycles. The molecule has 4 saturated carbocycles. The lowest BCUT2D eigenvalue weighted by atomic mass is 9.48. The van der Waals surface area contributed by atoms with Gasteiger partial charge < -0.3 is 10.5 Å². The fourth-order valence-corrected chi connectivity index (χ4v) is 6.28. The Morgan fingerprint density at radius 2 is 1.54 bits per heavy atom. The van der Waals surface area contributed by atoms with Crippen LogP contribution in [0.5, 0.6) is 5.75 Å². The van der Waals surface area contributed by atoms with Gasteiger partial charge in [-0.15, -0.1) is 0 Å². The Morgan fingerprint density at radius 3 is 2.19 bits per heavy atom. The number of phenols is 1. The van der Waals surface area contributed by atoms with Crippen LogP contribution in [0.2, 0.25) is 0 Å². The van der Waals surface area contributed by atoms with Crippen molar-refractivity contribution in [1.82, 2.24) is 5.43 Å². The summed E-state index contributed by atoms with van der Waals surface area (Å²) in [6, 6.07) is 16.4. The first kappa shape index (κ1) is 16.2. The second kappa shape index (κ2) is 6.31. The molecule has 26 heavy (non-hydrogen) atoms. The zero-order chi connectivity index (χ0) is 17.6. The molecule has 6 rings (SSSR count). The van der Waals surface area contributed by atoms with E-state index in [0.29, 0.717) is 17.7 Å². The van der Waals surface area contributed by atoms with E-state index in [9.17, 15) is 5.11 Å². The summed E-state index contributed by atoms with van der Waals surface area (Å²) in [6.45, 7) is 0.612. The van der Waals surface area contributed by atoms with E-state index in [1.807, 2.05) is 36.4 Å². The van der Waals surface area contributed by atoms with E-state index >= 15 is 0 Å². The van der Waals surface area contributed by atoms with Crippen LogP contribution in [0, 0.1) is 17.8 Å². The number of nitrogens with one attached hydrogen (secondary N) is 2. The number of hydrogen-bond donors (Lipinski definition) is 3. The summed E-state index contributed by atoms with van der Waals surface area (Å²) in [5.41, 5.74) is 10.3. The molecule has 4 aliphatic rings. The van der Waals surface area contributed by atoms with Crippen LogP contribution in [-0.4, -0.2) is 5.11 Å². The number of hydrogen-bond acceptors (Lipinski definition) is 3. The molecule has 0 unspecified atom stereocenters. The molecule has 0 saturated heterocycles. The third-order valence-corrected chi connectivity index (χ3v) is 7.02. The van der Waals surface area contributed by atoms with Crippen molar-refractivity contribution in [2.24, 2.45) is 17.8 Å². The average Bonchev–Trinajstić information content (AvgIpc) is 2.63. The number of para-hydroxylation sites is 1. The Labute approximate surface area is 155 Å². The number of benzene rings is 2. The minimum absolute atomic E-state index is 0.379. The first-order valence-corrected chi connectivity index (χ1v) is 10.1. The molecule has 4 aliphatic carbocycles. The Bertz CT molecular complexity index is 751. The maximum Gasteiger partial charge on any atom is 0.120 e. The lowest BCUT2D eigenvalue weighted by Crippen LogP contribution is -2.48. The van der Waals surface area contributed by atoms with Crippen molar-refractivity contribution in [3.63, 3.8) is 0 Å². The number of rotatable bonds is 5. The maximum atomic E-state index is 10.3. The quantitative estimate of drug-likeness (QED) is 0.668. The van der Waals surface area contributed by atoms with Crippen LogP contribution in [0.3, 0.4) is 0 Å². The van der Waals surface area contributed by atoms with E-state index in [-0.39, 0.29) is 0 Å². The standard InChI is InChI=1S/C23H28N2O/c26-22-7-6-20(11-19(22)15-24-25-21-4-2-1-3-5-21)23-12-16-8-17(13-23)10-18(9-16)14-23/h1-7,11,16-18,24-26H,8-10,12-15H2. The van der Waals surface area contributed by atoms with Crippen LogP contribution >= 0.6 is 0 Å². The molecule has 2 aromatic carbocycles. The van der Waals surface area contributed by atoms with E-state index in [1.165, 1.54) is 44.1 Å². The van der Waals surface area contributed by atoms with Gasteiger partial charge in [-0.25, -0.2) is 5.43 Å². The zero-order valence-corrected chi connectivity index (χ0v) is 15.2. The fourth-order valence-electron chi connectivity index (χ4n) is 6.28. The highest BCUT2D eigenvalue weighted by atomic mass is 16.3. The molecule has 3 heteroatoms. The SMILES string of the molecule is Oc1ccc(C23CC4CC(CC(C4)C2)C3)cc1CNNc1ccccc1. The minimum Gasteiger partial charge on any atom is -0.508 e. The van der Waals surface area contributed by atoms with Gasteiger partial charge in [-0.05, 0) is 85.5 Å². The third kappa shape index (κ3) is 2.88. The van der Waals surface area contributed by atoms with E-state index in [0.717, 1.165) is 29.0 Å². The van der Waals surface area contributed by atoms with Gasteiger partial charge in [-0.1, -0.05) is 30.3 Å². The smallest absolute Gasteiger partial charge is 0.120 e. The van der Waals surface area contributed by atoms with Crippen molar-refractivity contribution < 1.29 is 5.11 Å². The molecule has 136 valence electrons. The highest BCUT2D eigenvalue weighted by Gasteiger charge is 2.51. The summed E-state index contributed by atoms with van der Waals surface area (Å²) in [7, 11) is 0. The number of anilines is 1. The van der Waals surface area contributed by atoms with Gasteiger partial charge in [0, 0.05) is 17.8 Å². The predicted octanol–water partition coefficient (Wildman–Crippen LogP) is 4.98. The molecule has 3 nitrogen and oxygen atoms in total. The second-order valence-electron chi connectivity index (χ2n) is 8.89. The molecule has 0 atom stereocenters. The third-order valence-electron chi connectivity index (χ3n) is 7.02. The summed E-state index contributed by atoms with van der Waals surface area (Å²) in [6.07, 6.45) is 8.48. The summed E-state index contributed by atoms with van der Waals surface area (Å²) < 4.78 is 0. The lowest BCUT2D eigenvalue weighted by molar-refractivity contribution is -0.00523. The van der Waals surface area contributed by atoms with Gasteiger partial charge in [-0.3, -0.25) is 0 Å². The van der Waals surface area contributed by atoms with E-state index in [1.54, 1.807) is 0 Å². The lowest BCUT2D eigenvalue weighted by Gasteiger charge is -2.57. The van der Waals surface area contributed by atoms with Gasteiger partial charge >= 0.3 is 0 Å². The Kier molecular flexibility index (Phi) is 3.93. The van der Waals surface area contributed by atoms with Gasteiger partial charge in [0.25, 0.3) is 0 Å². The molecular weight excluding hydrogens is 320 g/mol. The Morgan fingerprint density at radius 1 is 0.885 bits per heavy atom. The van der Waals surface area contributed by atoms with Crippen molar-refractivity contribution in [1.29, 1.82) is 0 Å². The number of hydrazine groups is 1. The summed E-state index contributed by atoms with van der Waals surface area (Å²) in [5.74, 6) is 3.21. The minimum atomic E-state index is 0.379. The number of aromatic hydroxyl groups is 1. The van der Waals surface area contributed by atoms with Crippen LogP contribution in [-0.2, 0) is 12.0 Å². The fraction of sp³-hybridized carbons (Fsp3) is 0.478. The van der Waals surface area contributed by atoms with Gasteiger partial charge in [0.2, 0.25) is 0 Å². The molecule has 0 aromatic heterocycles.